The van der Waals surface area contributed by atoms with E-state index in [9.17, 15) is 14.0 Å². The van der Waals surface area contributed by atoms with Crippen molar-refractivity contribution < 1.29 is 14.0 Å². The van der Waals surface area contributed by atoms with Gasteiger partial charge in [0.1, 0.15) is 6.04 Å². The van der Waals surface area contributed by atoms with Crippen LogP contribution in [0.2, 0.25) is 0 Å². The van der Waals surface area contributed by atoms with Crippen LogP contribution in [-0.2, 0) is 16.1 Å². The summed E-state index contributed by atoms with van der Waals surface area (Å²) in [4.78, 5) is 31.8. The molecule has 0 aliphatic carbocycles. The second kappa shape index (κ2) is 7.01. The minimum Gasteiger partial charge on any atom is -0.326 e. The Bertz CT molecular complexity index is 792. The summed E-state index contributed by atoms with van der Waals surface area (Å²) in [6.07, 6.45) is 2.19. The molecule has 5 nitrogen and oxygen atoms in total. The molecule has 1 atom stereocenters. The van der Waals surface area contributed by atoms with Gasteiger partial charge in [-0.05, 0) is 31.0 Å². The lowest BCUT2D eigenvalue weighted by Gasteiger charge is -2.28. The zero-order valence-electron chi connectivity index (χ0n) is 14.3. The van der Waals surface area contributed by atoms with Gasteiger partial charge in [0.05, 0.1) is 0 Å². The maximum absolute atomic E-state index is 13.9. The van der Waals surface area contributed by atoms with Crippen LogP contribution in [0, 0.1) is 12.7 Å². The molecule has 0 radical (unpaired) electrons. The molecule has 2 aromatic rings. The highest BCUT2D eigenvalue weighted by atomic mass is 19.1. The van der Waals surface area contributed by atoms with Gasteiger partial charge in [-0.25, -0.2) is 9.37 Å². The van der Waals surface area contributed by atoms with Gasteiger partial charge in [0, 0.05) is 26.2 Å². The van der Waals surface area contributed by atoms with E-state index in [1.54, 1.807) is 4.90 Å². The average Bonchev–Trinajstić information content (AvgIpc) is 2.97. The predicted octanol–water partition coefficient (Wildman–Crippen LogP) is 2.68. The summed E-state index contributed by atoms with van der Waals surface area (Å²) in [5, 5.41) is 0. The van der Waals surface area contributed by atoms with Crippen LogP contribution >= 0.6 is 0 Å². The minimum atomic E-state index is -0.597. The quantitative estimate of drug-likeness (QED) is 0.859. The summed E-state index contributed by atoms with van der Waals surface area (Å²) in [5.41, 5.74) is 2.10. The minimum absolute atomic E-state index is 0.0258. The molecule has 1 fully saturated rings. The zero-order valence-corrected chi connectivity index (χ0v) is 14.3. The highest BCUT2D eigenvalue weighted by Gasteiger charge is 2.38. The number of nitrogens with zero attached hydrogens (tertiary/aromatic N) is 3. The molecule has 25 heavy (non-hydrogen) atoms. The molecule has 1 saturated heterocycles. The summed E-state index contributed by atoms with van der Waals surface area (Å²) in [6, 6.07) is 9.98. The molecule has 1 aromatic heterocycles. The summed E-state index contributed by atoms with van der Waals surface area (Å²) in [7, 11) is 1.49. The maximum atomic E-state index is 13.9. The fraction of sp³-hybridized carbons (Fsp3) is 0.316. The van der Waals surface area contributed by atoms with Crippen molar-refractivity contribution in [2.45, 2.75) is 32.4 Å². The number of carbonyl (C=O) groups is 2. The molecule has 0 unspecified atom stereocenters. The Hall–Kier alpha value is -2.76. The van der Waals surface area contributed by atoms with Crippen LogP contribution in [0.4, 0.5) is 10.2 Å². The molecule has 2 amide bonds. The molecule has 3 rings (SSSR count). The first-order valence-corrected chi connectivity index (χ1v) is 8.20. The smallest absolute Gasteiger partial charge is 0.250 e. The fourth-order valence-corrected chi connectivity index (χ4v) is 3.03. The lowest BCUT2D eigenvalue weighted by atomic mass is 10.1. The van der Waals surface area contributed by atoms with Crippen molar-refractivity contribution in [3.63, 3.8) is 0 Å². The first kappa shape index (κ1) is 17.1. The first-order valence-electron chi connectivity index (χ1n) is 8.20. The standard InChI is InChI=1S/C19H20FN3O2/c1-13-5-7-14(8-6-13)12-23-16(9-10-17(23)24)19(25)22(2)18-15(20)4-3-11-21-18/h3-8,11,16H,9-10,12H2,1-2H3/t16-/m0/s1. The highest BCUT2D eigenvalue weighted by Crippen LogP contribution is 2.25. The predicted molar refractivity (Wildman–Crippen MR) is 92.4 cm³/mol. The molecular formula is C19H20FN3O2. The van der Waals surface area contributed by atoms with Gasteiger partial charge in [-0.3, -0.25) is 14.5 Å². The lowest BCUT2D eigenvalue weighted by molar-refractivity contribution is -0.134. The maximum Gasteiger partial charge on any atom is 0.250 e. The van der Waals surface area contributed by atoms with Crippen molar-refractivity contribution in [3.8, 4) is 0 Å². The van der Waals surface area contributed by atoms with E-state index in [-0.39, 0.29) is 17.6 Å². The summed E-state index contributed by atoms with van der Waals surface area (Å²) >= 11 is 0. The Balaban J connectivity index is 1.79. The van der Waals surface area contributed by atoms with Gasteiger partial charge in [0.25, 0.3) is 5.91 Å². The van der Waals surface area contributed by atoms with Gasteiger partial charge in [0.15, 0.2) is 11.6 Å². The van der Waals surface area contributed by atoms with Gasteiger partial charge < -0.3 is 4.90 Å². The number of hydrogen-bond donors (Lipinski definition) is 0. The molecule has 1 aliphatic heterocycles. The highest BCUT2D eigenvalue weighted by molar-refractivity contribution is 5.99. The molecule has 6 heteroatoms. The van der Waals surface area contributed by atoms with Crippen molar-refractivity contribution in [3.05, 3.63) is 59.5 Å². The number of hydrogen-bond acceptors (Lipinski definition) is 3. The second-order valence-electron chi connectivity index (χ2n) is 6.27. The normalized spacial score (nSPS) is 17.0. The second-order valence-corrected chi connectivity index (χ2v) is 6.27. The molecular weight excluding hydrogens is 321 g/mol. The number of likely N-dealkylation sites (N-methyl/N-ethyl adjacent to an activating group) is 1. The number of likely N-dealkylation sites (tertiary alicyclic amines) is 1. The molecule has 0 saturated carbocycles. The molecule has 0 N–H and O–H groups in total. The number of aromatic nitrogens is 1. The first-order chi connectivity index (χ1) is 12.0. The Kier molecular flexibility index (Phi) is 4.79. The Labute approximate surface area is 146 Å². The van der Waals surface area contributed by atoms with Crippen LogP contribution in [0.3, 0.4) is 0 Å². The van der Waals surface area contributed by atoms with E-state index in [0.29, 0.717) is 19.4 Å². The van der Waals surface area contributed by atoms with Gasteiger partial charge in [-0.1, -0.05) is 29.8 Å². The van der Waals surface area contributed by atoms with Gasteiger partial charge in [-0.15, -0.1) is 0 Å². The summed E-state index contributed by atoms with van der Waals surface area (Å²) in [5.74, 6) is -0.973. The van der Waals surface area contributed by atoms with E-state index in [2.05, 4.69) is 4.98 Å². The topological polar surface area (TPSA) is 53.5 Å². The number of carbonyl (C=O) groups excluding carboxylic acids is 2. The largest absolute Gasteiger partial charge is 0.326 e. The molecule has 2 heterocycles. The van der Waals surface area contributed by atoms with Gasteiger partial charge in [-0.2, -0.15) is 0 Å². The third kappa shape index (κ3) is 3.52. The Morgan fingerprint density at radius 3 is 2.72 bits per heavy atom. The van der Waals surface area contributed by atoms with Crippen LogP contribution in [0.5, 0.6) is 0 Å². The lowest BCUT2D eigenvalue weighted by Crippen LogP contribution is -2.45. The van der Waals surface area contributed by atoms with E-state index >= 15 is 0 Å². The third-order valence-electron chi connectivity index (χ3n) is 4.47. The van der Waals surface area contributed by atoms with Crippen LogP contribution in [0.1, 0.15) is 24.0 Å². The average molecular weight is 341 g/mol. The Morgan fingerprint density at radius 2 is 2.04 bits per heavy atom. The van der Waals surface area contributed by atoms with E-state index in [1.165, 1.54) is 30.3 Å². The van der Waals surface area contributed by atoms with E-state index in [1.807, 2.05) is 31.2 Å². The molecule has 1 aromatic carbocycles. The van der Waals surface area contributed by atoms with E-state index < -0.39 is 11.9 Å². The monoisotopic (exact) mass is 341 g/mol. The number of aryl methyl sites for hydroxylation is 1. The van der Waals surface area contributed by atoms with Crippen LogP contribution in [0.25, 0.3) is 0 Å². The number of amides is 2. The van der Waals surface area contributed by atoms with Gasteiger partial charge in [0.2, 0.25) is 5.91 Å². The molecule has 0 bridgehead atoms. The molecule has 0 spiro atoms. The van der Waals surface area contributed by atoms with Gasteiger partial charge >= 0.3 is 0 Å². The van der Waals surface area contributed by atoms with E-state index in [0.717, 1.165) is 11.1 Å². The van der Waals surface area contributed by atoms with Crippen molar-refractivity contribution in [1.82, 2.24) is 9.88 Å². The number of benzene rings is 1. The zero-order chi connectivity index (χ0) is 18.0. The summed E-state index contributed by atoms with van der Waals surface area (Å²) in [6.45, 7) is 2.36. The SMILES string of the molecule is Cc1ccc(CN2C(=O)CC[C@H]2C(=O)N(C)c2ncccc2F)cc1. The third-order valence-corrected chi connectivity index (χ3v) is 4.47. The summed E-state index contributed by atoms with van der Waals surface area (Å²) < 4.78 is 13.9. The van der Waals surface area contributed by atoms with Crippen molar-refractivity contribution in [1.29, 1.82) is 0 Å². The fourth-order valence-electron chi connectivity index (χ4n) is 3.03. The number of pyridine rings is 1. The van der Waals surface area contributed by atoms with Crippen LogP contribution in [0.15, 0.2) is 42.6 Å². The van der Waals surface area contributed by atoms with Crippen molar-refractivity contribution in [2.75, 3.05) is 11.9 Å². The van der Waals surface area contributed by atoms with E-state index in [4.69, 9.17) is 0 Å². The van der Waals surface area contributed by atoms with Crippen LogP contribution in [-0.4, -0.2) is 34.8 Å². The molecule has 1 aliphatic rings. The Morgan fingerprint density at radius 1 is 1.32 bits per heavy atom. The number of halogens is 1. The van der Waals surface area contributed by atoms with Crippen molar-refractivity contribution >= 4 is 17.6 Å². The molecule has 130 valence electrons. The number of rotatable bonds is 4. The number of anilines is 1. The van der Waals surface area contributed by atoms with Crippen molar-refractivity contribution in [2.24, 2.45) is 0 Å². The van der Waals surface area contributed by atoms with Crippen LogP contribution < -0.4 is 4.90 Å².